The van der Waals surface area contributed by atoms with Crippen LogP contribution < -0.4 is 5.32 Å². The Hall–Kier alpha value is -0.260. The van der Waals surface area contributed by atoms with E-state index in [1.807, 2.05) is 20.1 Å². The predicted octanol–water partition coefficient (Wildman–Crippen LogP) is 0.640. The van der Waals surface area contributed by atoms with Crippen LogP contribution >= 0.6 is 11.8 Å². The molecule has 4 nitrogen and oxygen atoms in total. The molecule has 2 N–H and O–H groups in total. The Bertz CT molecular complexity index is 233. The van der Waals surface area contributed by atoms with E-state index in [0.717, 1.165) is 6.42 Å². The number of carbonyl (C=O) groups is 1. The first-order chi connectivity index (χ1) is 7.60. The summed E-state index contributed by atoms with van der Waals surface area (Å²) in [6.07, 6.45) is 2.56. The lowest BCUT2D eigenvalue weighted by atomic mass is 10.0. The molecule has 0 aromatic carbocycles. The zero-order chi connectivity index (χ0) is 12.1. The normalized spacial score (nSPS) is 28.8. The van der Waals surface area contributed by atoms with Crippen molar-refractivity contribution in [1.82, 2.24) is 5.32 Å². The van der Waals surface area contributed by atoms with Crippen LogP contribution in [0.3, 0.4) is 0 Å². The maximum atomic E-state index is 11.9. The summed E-state index contributed by atoms with van der Waals surface area (Å²) in [6.45, 7) is 4.68. The fourth-order valence-electron chi connectivity index (χ4n) is 1.87. The third kappa shape index (κ3) is 3.37. The summed E-state index contributed by atoms with van der Waals surface area (Å²) in [4.78, 5) is 11.9. The number of aliphatic hydroxyl groups is 1. The monoisotopic (exact) mass is 247 g/mol. The minimum atomic E-state index is -0.316. The molecule has 0 bridgehead atoms. The Balaban J connectivity index is 2.44. The van der Waals surface area contributed by atoms with Crippen LogP contribution in [0.4, 0.5) is 0 Å². The van der Waals surface area contributed by atoms with Gasteiger partial charge in [0.05, 0.1) is 6.61 Å². The van der Waals surface area contributed by atoms with Crippen molar-refractivity contribution in [3.8, 4) is 0 Å². The summed E-state index contributed by atoms with van der Waals surface area (Å²) < 4.78 is 5.39. The summed E-state index contributed by atoms with van der Waals surface area (Å²) in [5.74, 6) is 0.235. The highest BCUT2D eigenvalue weighted by atomic mass is 32.2. The second kappa shape index (κ2) is 6.47. The van der Waals surface area contributed by atoms with Gasteiger partial charge < -0.3 is 15.2 Å². The van der Waals surface area contributed by atoms with Gasteiger partial charge in [0.2, 0.25) is 5.91 Å². The smallest absolute Gasteiger partial charge is 0.249 e. The molecule has 1 fully saturated rings. The number of nitrogens with one attached hydrogen (secondary N) is 1. The van der Waals surface area contributed by atoms with Gasteiger partial charge in [-0.05, 0) is 25.5 Å². The highest BCUT2D eigenvalue weighted by Crippen LogP contribution is 2.20. The first-order valence-corrected chi connectivity index (χ1v) is 6.94. The second-order valence-electron chi connectivity index (χ2n) is 4.31. The van der Waals surface area contributed by atoms with Crippen molar-refractivity contribution in [2.45, 2.75) is 37.7 Å². The molecule has 1 aliphatic heterocycles. The molecule has 1 amide bonds. The van der Waals surface area contributed by atoms with Crippen molar-refractivity contribution in [1.29, 1.82) is 0 Å². The Morgan fingerprint density at radius 2 is 2.38 bits per heavy atom. The Kier molecular flexibility index (Phi) is 5.58. The summed E-state index contributed by atoms with van der Waals surface area (Å²) in [5.41, 5.74) is 0. The van der Waals surface area contributed by atoms with E-state index in [9.17, 15) is 4.79 Å². The lowest BCUT2D eigenvalue weighted by Crippen LogP contribution is -2.46. The number of aliphatic hydroxyl groups excluding tert-OH is 1. The van der Waals surface area contributed by atoms with E-state index in [4.69, 9.17) is 9.84 Å². The van der Waals surface area contributed by atoms with Gasteiger partial charge in [0.25, 0.3) is 0 Å². The van der Waals surface area contributed by atoms with E-state index in [0.29, 0.717) is 6.61 Å². The SMILES string of the molecule is CSC(CO)C(C)NC(=O)C1OCCC1C. The molecule has 1 heterocycles. The van der Waals surface area contributed by atoms with E-state index in [1.54, 1.807) is 11.8 Å². The molecule has 5 heteroatoms. The van der Waals surface area contributed by atoms with Crippen LogP contribution in [0.15, 0.2) is 0 Å². The minimum Gasteiger partial charge on any atom is -0.395 e. The maximum absolute atomic E-state index is 11.9. The summed E-state index contributed by atoms with van der Waals surface area (Å²) in [6, 6.07) is -0.0381. The van der Waals surface area contributed by atoms with Gasteiger partial charge in [0.1, 0.15) is 6.10 Å². The lowest BCUT2D eigenvalue weighted by Gasteiger charge is -2.23. The number of amides is 1. The average molecular weight is 247 g/mol. The van der Waals surface area contributed by atoms with Gasteiger partial charge in [0.15, 0.2) is 0 Å². The largest absolute Gasteiger partial charge is 0.395 e. The van der Waals surface area contributed by atoms with Crippen LogP contribution in [0.1, 0.15) is 20.3 Å². The summed E-state index contributed by atoms with van der Waals surface area (Å²) >= 11 is 1.56. The molecular formula is C11H21NO3S. The van der Waals surface area contributed by atoms with Gasteiger partial charge in [-0.3, -0.25) is 4.79 Å². The molecule has 4 atom stereocenters. The van der Waals surface area contributed by atoms with E-state index >= 15 is 0 Å². The average Bonchev–Trinajstić information content (AvgIpc) is 2.66. The Morgan fingerprint density at radius 1 is 1.69 bits per heavy atom. The molecule has 16 heavy (non-hydrogen) atoms. The van der Waals surface area contributed by atoms with Crippen LogP contribution in [0.5, 0.6) is 0 Å². The molecule has 0 saturated carbocycles. The van der Waals surface area contributed by atoms with Crippen molar-refractivity contribution < 1.29 is 14.6 Å². The third-order valence-electron chi connectivity index (χ3n) is 3.06. The van der Waals surface area contributed by atoms with Crippen molar-refractivity contribution in [2.75, 3.05) is 19.5 Å². The molecular weight excluding hydrogens is 226 g/mol. The lowest BCUT2D eigenvalue weighted by molar-refractivity contribution is -0.132. The molecule has 0 aromatic rings. The zero-order valence-electron chi connectivity index (χ0n) is 10.1. The number of thioether (sulfide) groups is 1. The summed E-state index contributed by atoms with van der Waals surface area (Å²) in [7, 11) is 0. The van der Waals surface area contributed by atoms with Crippen LogP contribution in [0.25, 0.3) is 0 Å². The van der Waals surface area contributed by atoms with Crippen molar-refractivity contribution in [2.24, 2.45) is 5.92 Å². The zero-order valence-corrected chi connectivity index (χ0v) is 10.9. The molecule has 0 spiro atoms. The highest BCUT2D eigenvalue weighted by molar-refractivity contribution is 7.99. The highest BCUT2D eigenvalue weighted by Gasteiger charge is 2.32. The fraction of sp³-hybridized carbons (Fsp3) is 0.909. The number of hydrogen-bond acceptors (Lipinski definition) is 4. The van der Waals surface area contributed by atoms with Gasteiger partial charge in [-0.2, -0.15) is 11.8 Å². The van der Waals surface area contributed by atoms with Gasteiger partial charge >= 0.3 is 0 Å². The van der Waals surface area contributed by atoms with E-state index < -0.39 is 0 Å². The molecule has 1 saturated heterocycles. The van der Waals surface area contributed by atoms with E-state index in [-0.39, 0.29) is 35.8 Å². The maximum Gasteiger partial charge on any atom is 0.249 e. The molecule has 4 unspecified atom stereocenters. The predicted molar refractivity (Wildman–Crippen MR) is 65.5 cm³/mol. The molecule has 0 radical (unpaired) electrons. The second-order valence-corrected chi connectivity index (χ2v) is 5.39. The van der Waals surface area contributed by atoms with E-state index in [1.165, 1.54) is 0 Å². The number of carbonyl (C=O) groups excluding carboxylic acids is 1. The third-order valence-corrected chi connectivity index (χ3v) is 4.22. The fourth-order valence-corrected chi connectivity index (χ4v) is 2.49. The molecule has 0 aliphatic carbocycles. The number of hydrogen-bond donors (Lipinski definition) is 2. The quantitative estimate of drug-likeness (QED) is 0.748. The standard InChI is InChI=1S/C11H21NO3S/c1-7-4-5-15-10(7)11(14)12-8(2)9(6-13)16-3/h7-10,13H,4-6H2,1-3H3,(H,12,14). The van der Waals surface area contributed by atoms with Crippen LogP contribution in [-0.2, 0) is 9.53 Å². The summed E-state index contributed by atoms with van der Waals surface area (Å²) in [5, 5.41) is 12.1. The number of ether oxygens (including phenoxy) is 1. The Labute approximate surface area is 101 Å². The topological polar surface area (TPSA) is 58.6 Å². The molecule has 0 aromatic heterocycles. The Morgan fingerprint density at radius 3 is 2.81 bits per heavy atom. The van der Waals surface area contributed by atoms with E-state index in [2.05, 4.69) is 5.32 Å². The molecule has 94 valence electrons. The first kappa shape index (κ1) is 13.8. The molecule has 1 rings (SSSR count). The van der Waals surface area contributed by atoms with Crippen LogP contribution in [-0.4, -0.2) is 47.9 Å². The molecule has 1 aliphatic rings. The van der Waals surface area contributed by atoms with Crippen molar-refractivity contribution >= 4 is 17.7 Å². The van der Waals surface area contributed by atoms with Crippen molar-refractivity contribution in [3.63, 3.8) is 0 Å². The van der Waals surface area contributed by atoms with Gasteiger partial charge in [-0.15, -0.1) is 0 Å². The minimum absolute atomic E-state index is 0.0381. The van der Waals surface area contributed by atoms with Crippen LogP contribution in [0, 0.1) is 5.92 Å². The van der Waals surface area contributed by atoms with Crippen molar-refractivity contribution in [3.05, 3.63) is 0 Å². The number of rotatable bonds is 5. The van der Waals surface area contributed by atoms with Gasteiger partial charge in [-0.25, -0.2) is 0 Å². The first-order valence-electron chi connectivity index (χ1n) is 5.65. The van der Waals surface area contributed by atoms with Gasteiger partial charge in [0, 0.05) is 17.9 Å². The van der Waals surface area contributed by atoms with Crippen LogP contribution in [0.2, 0.25) is 0 Å². The van der Waals surface area contributed by atoms with Gasteiger partial charge in [-0.1, -0.05) is 6.92 Å².